The van der Waals surface area contributed by atoms with Crippen molar-refractivity contribution in [2.75, 3.05) is 19.4 Å². The normalized spacial score (nSPS) is 41.1. The summed E-state index contributed by atoms with van der Waals surface area (Å²) >= 11 is 0. The zero-order valence-electron chi connectivity index (χ0n) is 38.3. The zero-order chi connectivity index (χ0) is 45.8. The first kappa shape index (κ1) is 45.6. The van der Waals surface area contributed by atoms with Crippen LogP contribution in [0.5, 0.6) is 5.75 Å². The van der Waals surface area contributed by atoms with Gasteiger partial charge in [-0.2, -0.15) is 0 Å². The predicted molar refractivity (Wildman–Crippen MR) is 234 cm³/mol. The van der Waals surface area contributed by atoms with E-state index in [0.29, 0.717) is 30.1 Å². The lowest BCUT2D eigenvalue weighted by Gasteiger charge is -2.58. The van der Waals surface area contributed by atoms with Crippen molar-refractivity contribution in [1.29, 1.82) is 0 Å². The molecule has 0 aromatic heterocycles. The van der Waals surface area contributed by atoms with Crippen LogP contribution in [0.2, 0.25) is 0 Å². The van der Waals surface area contributed by atoms with Gasteiger partial charge in [0.2, 0.25) is 5.91 Å². The van der Waals surface area contributed by atoms with Gasteiger partial charge in [0.25, 0.3) is 0 Å². The molecule has 13 heteroatoms. The van der Waals surface area contributed by atoms with Crippen molar-refractivity contribution in [2.24, 2.45) is 75.7 Å². The van der Waals surface area contributed by atoms with E-state index < -0.39 is 88.2 Å². The van der Waals surface area contributed by atoms with Crippen molar-refractivity contribution in [3.63, 3.8) is 0 Å². The summed E-state index contributed by atoms with van der Waals surface area (Å²) in [6.07, 6.45) is 11.9. The van der Waals surface area contributed by atoms with Gasteiger partial charge in [-0.05, 0) is 123 Å². The maximum Gasteiger partial charge on any atom is 0.412 e. The highest BCUT2D eigenvalue weighted by atomic mass is 16.6. The Balaban J connectivity index is 0.965. The highest BCUT2D eigenvalue weighted by Crippen LogP contribution is 2.67. The first-order chi connectivity index (χ1) is 29.6. The number of ketones is 4. The van der Waals surface area contributed by atoms with Crippen LogP contribution in [0.15, 0.2) is 23.8 Å². The Morgan fingerprint density at radius 3 is 2.37 bits per heavy atom. The number of hydrogen-bond acceptors (Lipinski definition) is 11. The average molecular weight is 872 g/mol. The fourth-order valence-electron chi connectivity index (χ4n) is 15.1. The number of amides is 2. The van der Waals surface area contributed by atoms with Crippen molar-refractivity contribution in [3.8, 4) is 5.75 Å². The Morgan fingerprint density at radius 1 is 0.984 bits per heavy atom. The quantitative estimate of drug-likeness (QED) is 0.105. The third kappa shape index (κ3) is 6.86. The minimum atomic E-state index is -3.10. The molecule has 6 N–H and O–H groups in total. The lowest BCUT2D eigenvalue weighted by molar-refractivity contribution is -0.196. The van der Waals surface area contributed by atoms with Crippen LogP contribution in [0, 0.1) is 70.0 Å². The molecule has 1 aromatic rings. The summed E-state index contributed by atoms with van der Waals surface area (Å²) < 4.78 is 6.00. The molecule has 0 aliphatic heterocycles. The molecule has 0 spiro atoms. The smallest absolute Gasteiger partial charge is 0.412 e. The molecule has 7 aliphatic carbocycles. The topological polar surface area (TPSA) is 214 Å². The number of aliphatic hydroxyl groups excluding tert-OH is 1. The number of anilines is 1. The summed E-state index contributed by atoms with van der Waals surface area (Å²) in [6, 6.07) is 1.50. The van der Waals surface area contributed by atoms with Gasteiger partial charge in [-0.15, -0.1) is 0 Å². The summed E-state index contributed by atoms with van der Waals surface area (Å²) in [7, 11) is 2.89. The van der Waals surface area contributed by atoms with E-state index in [1.54, 1.807) is 6.92 Å². The fraction of sp³-hybridized carbons (Fsp3) is 0.720. The van der Waals surface area contributed by atoms with Gasteiger partial charge in [0.1, 0.15) is 11.9 Å². The van der Waals surface area contributed by atoms with Gasteiger partial charge in [-0.1, -0.05) is 78.5 Å². The molecule has 0 saturated heterocycles. The van der Waals surface area contributed by atoms with Crippen LogP contribution in [-0.2, 0) is 23.9 Å². The number of benzene rings is 1. The summed E-state index contributed by atoms with van der Waals surface area (Å²) in [5.41, 5.74) is 3.98. The number of nitrogens with zero attached hydrogens (tertiary/aromatic N) is 1. The highest BCUT2D eigenvalue weighted by molar-refractivity contribution is 6.32. The van der Waals surface area contributed by atoms with E-state index in [2.05, 4.69) is 46.0 Å². The monoisotopic (exact) mass is 871 g/mol. The van der Waals surface area contributed by atoms with Gasteiger partial charge in [-0.3, -0.25) is 34.2 Å². The van der Waals surface area contributed by atoms with Crippen LogP contribution in [0.3, 0.4) is 0 Å². The Bertz CT molecular complexity index is 2130. The third-order valence-corrected chi connectivity index (χ3v) is 18.3. The van der Waals surface area contributed by atoms with Crippen molar-refractivity contribution < 1.29 is 48.8 Å². The SMILES string of the molecule is CC(C)CCC[C@@H](C)[C@H]1CCC2C3CC=C4CC(OC(=O)Nc5ccc6c(c5O)C(=O)C5C(=O)[C@]7(O)C(=O)C(C(N)=O)C(=O)[C@@H](N(C)C)[C@@H]7[C@@H](O)[C@@H]5[C@H]6C)CC[C@]4(C)C3CC[C@@]21C. The molecule has 16 atom stereocenters. The van der Waals surface area contributed by atoms with E-state index in [1.807, 2.05) is 0 Å². The number of likely N-dealkylation sites (N-methyl/N-ethyl adjacent to an activating group) is 1. The minimum Gasteiger partial charge on any atom is -0.505 e. The molecular formula is C50H69N3O10. The molecule has 63 heavy (non-hydrogen) atoms. The number of aromatic hydroxyl groups is 1. The molecule has 1 aromatic carbocycles. The number of fused-ring (bicyclic) bond motifs is 8. The molecule has 5 fully saturated rings. The van der Waals surface area contributed by atoms with Gasteiger partial charge >= 0.3 is 6.09 Å². The predicted octanol–water partition coefficient (Wildman–Crippen LogP) is 6.36. The summed E-state index contributed by atoms with van der Waals surface area (Å²) in [5, 5.41) is 38.1. The largest absolute Gasteiger partial charge is 0.505 e. The standard InChI is InChI=1S/C50H69N3O10/c1-23(2)10-9-11-24(3)30-15-16-31-29-13-12-26-22-27(18-20-48(26,5)32(29)19-21-49(30,31)6)63-47(61)52-33-17-14-28-25(4)34-36(41(55)35(28)40(33)54)44(58)50(62)38(42(34)56)39(53(7)8)43(57)37(45(50)59)46(51)60/h12,14,17,23-25,27,29-32,34,36-39,42,54,56,62H,9-11,13,15-16,18-22H2,1-8H3,(H2,51,60)(H,52,61)/t24-,25+,27?,29?,30-,31?,32?,34-,36?,37?,38-,39+,42+,48+,49-,50+/m1/s1. The molecule has 5 saturated carbocycles. The number of aliphatic hydroxyl groups is 2. The number of nitrogens with one attached hydrogen (secondary N) is 1. The van der Waals surface area contributed by atoms with Crippen LogP contribution in [0.1, 0.15) is 134 Å². The van der Waals surface area contributed by atoms with Crippen molar-refractivity contribution >= 4 is 40.8 Å². The number of ether oxygens (including phenoxy) is 1. The zero-order valence-corrected chi connectivity index (χ0v) is 38.3. The Hall–Kier alpha value is -3.94. The van der Waals surface area contributed by atoms with E-state index in [1.165, 1.54) is 81.6 Å². The van der Waals surface area contributed by atoms with Crippen LogP contribution in [-0.4, -0.2) is 93.3 Å². The Kier molecular flexibility index (Phi) is 11.7. The lowest BCUT2D eigenvalue weighted by atomic mass is 9.47. The van der Waals surface area contributed by atoms with E-state index in [0.717, 1.165) is 36.5 Å². The van der Waals surface area contributed by atoms with Gasteiger partial charge < -0.3 is 25.8 Å². The number of carbonyl (C=O) groups is 6. The van der Waals surface area contributed by atoms with E-state index in [4.69, 9.17) is 10.5 Å². The van der Waals surface area contributed by atoms with Crippen LogP contribution in [0.4, 0.5) is 10.5 Å². The van der Waals surface area contributed by atoms with Gasteiger partial charge in [0, 0.05) is 12.3 Å². The van der Waals surface area contributed by atoms with Crippen molar-refractivity contribution in [1.82, 2.24) is 4.90 Å². The second-order valence-corrected chi connectivity index (χ2v) is 22.0. The van der Waals surface area contributed by atoms with Crippen LogP contribution >= 0.6 is 0 Å². The van der Waals surface area contributed by atoms with E-state index in [9.17, 15) is 44.1 Å². The molecule has 0 heterocycles. The number of allylic oxidation sites excluding steroid dienone is 1. The summed E-state index contributed by atoms with van der Waals surface area (Å²) in [5.74, 6) is -10.0. The molecule has 2 amide bonds. The van der Waals surface area contributed by atoms with Gasteiger partial charge in [-0.25, -0.2) is 4.79 Å². The minimum absolute atomic E-state index is 0.0520. The number of phenolic OH excluding ortho intramolecular Hbond substituents is 1. The Morgan fingerprint density at radius 2 is 1.70 bits per heavy atom. The number of Topliss-reactive ketones (excluding diaryl/α,β-unsaturated/α-hetero) is 4. The van der Waals surface area contributed by atoms with Gasteiger partial charge in [0.05, 0.1) is 35.2 Å². The molecule has 13 nitrogen and oxygen atoms in total. The molecule has 0 radical (unpaired) electrons. The number of nitrogens with two attached hydrogens (primary N) is 1. The second-order valence-electron chi connectivity index (χ2n) is 22.0. The number of primary amides is 1. The van der Waals surface area contributed by atoms with Crippen LogP contribution in [0.25, 0.3) is 0 Å². The number of rotatable bonds is 9. The molecule has 6 unspecified atom stereocenters. The molecule has 0 bridgehead atoms. The highest BCUT2D eigenvalue weighted by Gasteiger charge is 2.73. The number of carbonyl (C=O) groups excluding carboxylic acids is 6. The van der Waals surface area contributed by atoms with Crippen molar-refractivity contribution in [3.05, 3.63) is 34.9 Å². The fourth-order valence-corrected chi connectivity index (χ4v) is 15.1. The van der Waals surface area contributed by atoms with Crippen molar-refractivity contribution in [2.45, 2.75) is 142 Å². The second kappa shape index (κ2) is 16.2. The summed E-state index contributed by atoms with van der Waals surface area (Å²) in [4.78, 5) is 83.1. The first-order valence-corrected chi connectivity index (χ1v) is 23.6. The maximum absolute atomic E-state index is 14.4. The van der Waals surface area contributed by atoms with E-state index >= 15 is 0 Å². The number of hydrogen-bond donors (Lipinski definition) is 5. The number of phenols is 1. The van der Waals surface area contributed by atoms with Crippen LogP contribution < -0.4 is 11.1 Å². The average Bonchev–Trinajstić information content (AvgIpc) is 3.57. The molecular weight excluding hydrogens is 803 g/mol. The Labute approximate surface area is 371 Å². The van der Waals surface area contributed by atoms with E-state index in [-0.39, 0.29) is 28.3 Å². The first-order valence-electron chi connectivity index (χ1n) is 23.6. The molecule has 344 valence electrons. The summed E-state index contributed by atoms with van der Waals surface area (Å²) in [6.45, 7) is 13.8. The van der Waals surface area contributed by atoms with Gasteiger partial charge in [0.15, 0.2) is 34.7 Å². The lowest BCUT2D eigenvalue weighted by Crippen LogP contribution is -2.77. The maximum atomic E-state index is 14.4. The molecule has 7 aliphatic rings. The molecule has 8 rings (SSSR count). The third-order valence-electron chi connectivity index (χ3n) is 18.3.